The van der Waals surface area contributed by atoms with Crippen LogP contribution in [0.3, 0.4) is 0 Å². The van der Waals surface area contributed by atoms with Crippen LogP contribution in [-0.4, -0.2) is 11.1 Å². The van der Waals surface area contributed by atoms with Gasteiger partial charge in [-0.2, -0.15) is 0 Å². The summed E-state index contributed by atoms with van der Waals surface area (Å²) in [6, 6.07) is 24.5. The first kappa shape index (κ1) is 17.3. The normalized spacial score (nSPS) is 19.3. The van der Waals surface area contributed by atoms with Crippen LogP contribution in [0.5, 0.6) is 0 Å². The first-order valence-electron chi connectivity index (χ1n) is 8.89. The van der Waals surface area contributed by atoms with Crippen molar-refractivity contribution in [1.82, 2.24) is 0 Å². The predicted molar refractivity (Wildman–Crippen MR) is 106 cm³/mol. The zero-order chi connectivity index (χ0) is 19.0. The Hall–Kier alpha value is -3.17. The van der Waals surface area contributed by atoms with Crippen LogP contribution in [0.1, 0.15) is 27.8 Å². The lowest BCUT2D eigenvalue weighted by atomic mass is 9.86. The Labute approximate surface area is 158 Å². The van der Waals surface area contributed by atoms with Gasteiger partial charge >= 0.3 is 5.97 Å². The van der Waals surface area contributed by atoms with Crippen LogP contribution >= 0.6 is 0 Å². The minimum atomic E-state index is -1.83. The number of aliphatic hydroxyl groups is 1. The summed E-state index contributed by atoms with van der Waals surface area (Å²) >= 11 is 0. The molecule has 1 aliphatic rings. The average Bonchev–Trinajstić information content (AvgIpc) is 2.94. The van der Waals surface area contributed by atoms with Crippen LogP contribution in [0.4, 0.5) is 0 Å². The SMILES string of the molecule is Cc1cccc(C2=C(c3ccccc3)C(=O)OC2(O)c2cccc(C)c2)c1. The summed E-state index contributed by atoms with van der Waals surface area (Å²) in [6.07, 6.45) is 0. The number of hydrogen-bond acceptors (Lipinski definition) is 3. The number of aryl methyl sites for hydroxylation is 2. The van der Waals surface area contributed by atoms with Crippen molar-refractivity contribution < 1.29 is 14.6 Å². The highest BCUT2D eigenvalue weighted by atomic mass is 16.7. The number of hydrogen-bond donors (Lipinski definition) is 1. The maximum absolute atomic E-state index is 12.9. The van der Waals surface area contributed by atoms with Gasteiger partial charge in [0.15, 0.2) is 0 Å². The monoisotopic (exact) mass is 356 g/mol. The number of esters is 1. The Morgan fingerprint density at radius 1 is 0.778 bits per heavy atom. The summed E-state index contributed by atoms with van der Waals surface area (Å²) in [5.74, 6) is -2.36. The molecule has 0 aliphatic carbocycles. The van der Waals surface area contributed by atoms with E-state index >= 15 is 0 Å². The minimum absolute atomic E-state index is 0.394. The van der Waals surface area contributed by atoms with E-state index in [0.717, 1.165) is 22.3 Å². The molecular weight excluding hydrogens is 336 g/mol. The molecule has 3 nitrogen and oxygen atoms in total. The van der Waals surface area contributed by atoms with Gasteiger partial charge in [0.2, 0.25) is 0 Å². The molecule has 0 fully saturated rings. The Morgan fingerprint density at radius 3 is 2.07 bits per heavy atom. The van der Waals surface area contributed by atoms with E-state index in [1.54, 1.807) is 6.07 Å². The fourth-order valence-corrected chi connectivity index (χ4v) is 3.57. The molecule has 1 N–H and O–H groups in total. The lowest BCUT2D eigenvalue weighted by molar-refractivity contribution is -0.178. The van der Waals surface area contributed by atoms with Crippen molar-refractivity contribution in [2.24, 2.45) is 0 Å². The number of cyclic esters (lactones) is 1. The molecule has 0 aromatic heterocycles. The second-order valence-corrected chi connectivity index (χ2v) is 6.89. The van der Waals surface area contributed by atoms with Crippen LogP contribution in [0.15, 0.2) is 78.9 Å². The molecule has 27 heavy (non-hydrogen) atoms. The van der Waals surface area contributed by atoms with E-state index in [0.29, 0.717) is 16.7 Å². The maximum atomic E-state index is 12.9. The Balaban J connectivity index is 2.03. The highest BCUT2D eigenvalue weighted by Crippen LogP contribution is 2.48. The van der Waals surface area contributed by atoms with Crippen LogP contribution in [-0.2, 0) is 15.3 Å². The van der Waals surface area contributed by atoms with Gasteiger partial charge in [0.25, 0.3) is 5.79 Å². The van der Waals surface area contributed by atoms with Crippen molar-refractivity contribution in [2.75, 3.05) is 0 Å². The van der Waals surface area contributed by atoms with Crippen LogP contribution in [0, 0.1) is 13.8 Å². The van der Waals surface area contributed by atoms with Crippen LogP contribution in [0.2, 0.25) is 0 Å². The smallest absolute Gasteiger partial charge is 0.342 e. The summed E-state index contributed by atoms with van der Waals surface area (Å²) < 4.78 is 5.61. The molecule has 4 rings (SSSR count). The van der Waals surface area contributed by atoms with Crippen molar-refractivity contribution in [2.45, 2.75) is 19.6 Å². The zero-order valence-corrected chi connectivity index (χ0v) is 15.3. The van der Waals surface area contributed by atoms with Crippen molar-refractivity contribution in [3.05, 3.63) is 107 Å². The largest absolute Gasteiger partial charge is 0.421 e. The average molecular weight is 356 g/mol. The third-order valence-electron chi connectivity index (χ3n) is 4.81. The molecule has 1 heterocycles. The van der Waals surface area contributed by atoms with Gasteiger partial charge in [-0.05, 0) is 31.0 Å². The summed E-state index contributed by atoms with van der Waals surface area (Å²) in [5, 5.41) is 11.6. The predicted octanol–water partition coefficient (Wildman–Crippen LogP) is 4.62. The second kappa shape index (κ2) is 6.53. The summed E-state index contributed by atoms with van der Waals surface area (Å²) in [4.78, 5) is 12.9. The van der Waals surface area contributed by atoms with E-state index < -0.39 is 11.8 Å². The topological polar surface area (TPSA) is 46.5 Å². The number of carbonyl (C=O) groups excluding carboxylic acids is 1. The Kier molecular flexibility index (Phi) is 4.17. The maximum Gasteiger partial charge on any atom is 0.342 e. The molecule has 0 saturated heterocycles. The van der Waals surface area contributed by atoms with Crippen LogP contribution in [0.25, 0.3) is 11.1 Å². The molecule has 0 amide bonds. The molecule has 0 radical (unpaired) electrons. The van der Waals surface area contributed by atoms with E-state index in [2.05, 4.69) is 0 Å². The van der Waals surface area contributed by atoms with E-state index in [-0.39, 0.29) is 0 Å². The lowest BCUT2D eigenvalue weighted by Gasteiger charge is -2.26. The van der Waals surface area contributed by atoms with E-state index in [1.165, 1.54) is 0 Å². The Bertz CT molecular complexity index is 1050. The van der Waals surface area contributed by atoms with Crippen molar-refractivity contribution in [3.63, 3.8) is 0 Å². The van der Waals surface area contributed by atoms with E-state index in [4.69, 9.17) is 4.74 Å². The molecule has 3 aromatic carbocycles. The third-order valence-corrected chi connectivity index (χ3v) is 4.81. The van der Waals surface area contributed by atoms with Gasteiger partial charge in [-0.15, -0.1) is 0 Å². The van der Waals surface area contributed by atoms with Gasteiger partial charge < -0.3 is 9.84 Å². The fourth-order valence-electron chi connectivity index (χ4n) is 3.57. The molecule has 0 spiro atoms. The number of ether oxygens (including phenoxy) is 1. The molecule has 134 valence electrons. The van der Waals surface area contributed by atoms with Gasteiger partial charge in [-0.3, -0.25) is 0 Å². The van der Waals surface area contributed by atoms with Gasteiger partial charge in [0, 0.05) is 5.56 Å². The number of carbonyl (C=O) groups is 1. The van der Waals surface area contributed by atoms with Gasteiger partial charge in [0.05, 0.1) is 11.1 Å². The lowest BCUT2D eigenvalue weighted by Crippen LogP contribution is -2.28. The molecule has 1 atom stereocenters. The van der Waals surface area contributed by atoms with Crippen molar-refractivity contribution in [3.8, 4) is 0 Å². The molecule has 1 aliphatic heterocycles. The third kappa shape index (κ3) is 2.96. The van der Waals surface area contributed by atoms with Gasteiger partial charge in [-0.1, -0.05) is 83.9 Å². The summed E-state index contributed by atoms with van der Waals surface area (Å²) in [6.45, 7) is 3.92. The molecule has 3 heteroatoms. The quantitative estimate of drug-likeness (QED) is 0.697. The molecule has 0 bridgehead atoms. The first-order chi connectivity index (χ1) is 13.0. The Morgan fingerprint density at radius 2 is 1.41 bits per heavy atom. The fraction of sp³-hybridized carbons (Fsp3) is 0.125. The van der Waals surface area contributed by atoms with Crippen molar-refractivity contribution in [1.29, 1.82) is 0 Å². The minimum Gasteiger partial charge on any atom is -0.421 e. The van der Waals surface area contributed by atoms with E-state index in [1.807, 2.05) is 86.6 Å². The number of rotatable bonds is 3. The first-order valence-corrected chi connectivity index (χ1v) is 8.89. The standard InChI is InChI=1S/C24H20O3/c1-16-8-6-12-19(14-16)22-21(18-10-4-3-5-11-18)23(25)27-24(22,26)20-13-7-9-17(2)15-20/h3-15,26H,1-2H3. The van der Waals surface area contributed by atoms with Crippen molar-refractivity contribution >= 4 is 17.1 Å². The molecule has 1 unspecified atom stereocenters. The molecule has 3 aromatic rings. The number of benzene rings is 3. The zero-order valence-electron chi connectivity index (χ0n) is 15.3. The highest BCUT2D eigenvalue weighted by molar-refractivity contribution is 6.28. The van der Waals surface area contributed by atoms with E-state index in [9.17, 15) is 9.90 Å². The summed E-state index contributed by atoms with van der Waals surface area (Å²) in [5.41, 5.74) is 4.93. The van der Waals surface area contributed by atoms with Gasteiger partial charge in [0.1, 0.15) is 0 Å². The molecule has 0 saturated carbocycles. The summed E-state index contributed by atoms with van der Waals surface area (Å²) in [7, 11) is 0. The highest BCUT2D eigenvalue weighted by Gasteiger charge is 2.48. The van der Waals surface area contributed by atoms with Gasteiger partial charge in [-0.25, -0.2) is 4.79 Å². The second-order valence-electron chi connectivity index (χ2n) is 6.89. The molecular formula is C24H20O3. The van der Waals surface area contributed by atoms with Crippen LogP contribution < -0.4 is 0 Å².